The number of hydrogen-bond donors (Lipinski definition) is 0. The van der Waals surface area contributed by atoms with Crippen LogP contribution in [0.25, 0.3) is 0 Å². The first kappa shape index (κ1) is 10.4. The normalized spacial score (nSPS) is 11.4. The highest BCUT2D eigenvalue weighted by Gasteiger charge is 2.15. The lowest BCUT2D eigenvalue weighted by Crippen LogP contribution is -1.95. The van der Waals surface area contributed by atoms with E-state index in [2.05, 4.69) is 12.3 Å². The maximum Gasteiger partial charge on any atom is 0.285 e. The van der Waals surface area contributed by atoms with E-state index in [9.17, 15) is 14.3 Å². The second-order valence-corrected chi connectivity index (χ2v) is 3.61. The predicted molar refractivity (Wildman–Crippen MR) is 53.2 cm³/mol. The van der Waals surface area contributed by atoms with Crippen molar-refractivity contribution in [3.63, 3.8) is 0 Å². The minimum Gasteiger partial charge on any atom is -0.258 e. The van der Waals surface area contributed by atoms with Crippen molar-refractivity contribution >= 4 is 16.5 Å². The molecule has 4 nitrogen and oxygen atoms in total. The SMILES string of the molecule is C=C=C[S@@](=O)c1ccccc1[N+](=O)[O-]. The molecule has 5 heteroatoms. The number of benzene rings is 1. The van der Waals surface area contributed by atoms with Gasteiger partial charge in [-0.3, -0.25) is 10.1 Å². The highest BCUT2D eigenvalue weighted by molar-refractivity contribution is 7.88. The van der Waals surface area contributed by atoms with Crippen LogP contribution in [0.1, 0.15) is 0 Å². The third kappa shape index (κ3) is 2.16. The van der Waals surface area contributed by atoms with Gasteiger partial charge in [-0.05, 0) is 6.07 Å². The Bertz CT molecular complexity index is 435. The molecule has 0 spiro atoms. The van der Waals surface area contributed by atoms with Crippen molar-refractivity contribution in [3.8, 4) is 0 Å². The molecule has 1 atom stereocenters. The Labute approximate surface area is 83.2 Å². The van der Waals surface area contributed by atoms with Gasteiger partial charge in [-0.15, -0.1) is 5.73 Å². The van der Waals surface area contributed by atoms with Crippen LogP contribution in [0, 0.1) is 10.1 Å². The van der Waals surface area contributed by atoms with Crippen LogP contribution in [-0.2, 0) is 10.8 Å². The molecule has 0 radical (unpaired) electrons. The van der Waals surface area contributed by atoms with Crippen LogP contribution in [-0.4, -0.2) is 9.13 Å². The molecule has 0 aliphatic heterocycles. The van der Waals surface area contributed by atoms with Crippen molar-refractivity contribution in [2.24, 2.45) is 0 Å². The lowest BCUT2D eigenvalue weighted by Gasteiger charge is -1.97. The number of para-hydroxylation sites is 1. The fourth-order valence-corrected chi connectivity index (χ4v) is 1.76. The molecule has 72 valence electrons. The molecule has 0 unspecified atom stereocenters. The van der Waals surface area contributed by atoms with Crippen molar-refractivity contribution < 1.29 is 9.13 Å². The third-order valence-corrected chi connectivity index (χ3v) is 2.63. The lowest BCUT2D eigenvalue weighted by molar-refractivity contribution is -0.387. The van der Waals surface area contributed by atoms with Gasteiger partial charge < -0.3 is 0 Å². The zero-order valence-corrected chi connectivity index (χ0v) is 7.99. The molecule has 0 bridgehead atoms. The average molecular weight is 209 g/mol. The summed E-state index contributed by atoms with van der Waals surface area (Å²) in [5, 5.41) is 11.7. The smallest absolute Gasteiger partial charge is 0.258 e. The molecule has 0 aromatic heterocycles. The molecular formula is C9H7NO3S. The molecule has 0 heterocycles. The van der Waals surface area contributed by atoms with Gasteiger partial charge in [0.1, 0.15) is 4.90 Å². The van der Waals surface area contributed by atoms with Crippen molar-refractivity contribution in [3.05, 3.63) is 52.1 Å². The fourth-order valence-electron chi connectivity index (χ4n) is 0.917. The summed E-state index contributed by atoms with van der Waals surface area (Å²) in [6.07, 6.45) is 0. The molecule has 1 aromatic carbocycles. The molecule has 0 aliphatic carbocycles. The third-order valence-electron chi connectivity index (χ3n) is 1.47. The van der Waals surface area contributed by atoms with E-state index >= 15 is 0 Å². The molecule has 0 aliphatic rings. The van der Waals surface area contributed by atoms with Gasteiger partial charge in [0.2, 0.25) is 0 Å². The quantitative estimate of drug-likeness (QED) is 0.434. The lowest BCUT2D eigenvalue weighted by atomic mass is 10.3. The molecule has 1 rings (SSSR count). The molecule has 0 saturated heterocycles. The van der Waals surface area contributed by atoms with Gasteiger partial charge in [0, 0.05) is 11.5 Å². The van der Waals surface area contributed by atoms with Crippen LogP contribution in [0.15, 0.2) is 46.9 Å². The topological polar surface area (TPSA) is 60.2 Å². The largest absolute Gasteiger partial charge is 0.285 e. The Morgan fingerprint density at radius 2 is 2.14 bits per heavy atom. The summed E-state index contributed by atoms with van der Waals surface area (Å²) < 4.78 is 11.4. The van der Waals surface area contributed by atoms with Gasteiger partial charge in [-0.2, -0.15) is 0 Å². The van der Waals surface area contributed by atoms with E-state index in [4.69, 9.17) is 0 Å². The molecule has 0 amide bonds. The van der Waals surface area contributed by atoms with E-state index in [1.165, 1.54) is 23.6 Å². The Hall–Kier alpha value is -1.71. The van der Waals surface area contributed by atoms with E-state index in [1.807, 2.05) is 0 Å². The highest BCUT2D eigenvalue weighted by Crippen LogP contribution is 2.21. The number of rotatable bonds is 3. The van der Waals surface area contributed by atoms with Gasteiger partial charge in [-0.25, -0.2) is 4.21 Å². The Balaban J connectivity index is 3.26. The predicted octanol–water partition coefficient (Wildman–Crippen LogP) is 2.00. The van der Waals surface area contributed by atoms with Crippen molar-refractivity contribution in [1.82, 2.24) is 0 Å². The molecule has 0 N–H and O–H groups in total. The van der Waals surface area contributed by atoms with Crippen LogP contribution in [0.3, 0.4) is 0 Å². The van der Waals surface area contributed by atoms with Crippen LogP contribution in [0.4, 0.5) is 5.69 Å². The Morgan fingerprint density at radius 3 is 2.71 bits per heavy atom. The summed E-state index contributed by atoms with van der Waals surface area (Å²) in [5.74, 6) is 0. The van der Waals surface area contributed by atoms with Crippen molar-refractivity contribution in [2.75, 3.05) is 0 Å². The number of nitrogens with zero attached hydrogens (tertiary/aromatic N) is 1. The van der Waals surface area contributed by atoms with Gasteiger partial charge in [0.25, 0.3) is 5.69 Å². The Kier molecular flexibility index (Phi) is 3.34. The number of nitro benzene ring substituents is 1. The zero-order chi connectivity index (χ0) is 10.6. The van der Waals surface area contributed by atoms with E-state index < -0.39 is 15.7 Å². The molecular weight excluding hydrogens is 202 g/mol. The van der Waals surface area contributed by atoms with E-state index in [1.54, 1.807) is 6.07 Å². The van der Waals surface area contributed by atoms with Gasteiger partial charge in [0.05, 0.1) is 15.7 Å². The first-order chi connectivity index (χ1) is 6.66. The minimum absolute atomic E-state index is 0.155. The molecule has 14 heavy (non-hydrogen) atoms. The first-order valence-electron chi connectivity index (χ1n) is 3.66. The van der Waals surface area contributed by atoms with Crippen LogP contribution in [0.2, 0.25) is 0 Å². The minimum atomic E-state index is -1.56. The maximum atomic E-state index is 11.4. The molecule has 0 fully saturated rings. The number of hydrogen-bond acceptors (Lipinski definition) is 3. The Morgan fingerprint density at radius 1 is 1.50 bits per heavy atom. The summed E-state index contributed by atoms with van der Waals surface area (Å²) >= 11 is 0. The molecule has 0 saturated carbocycles. The number of nitro groups is 1. The summed E-state index contributed by atoms with van der Waals surface area (Å²) in [7, 11) is -1.56. The summed E-state index contributed by atoms with van der Waals surface area (Å²) in [4.78, 5) is 10.1. The van der Waals surface area contributed by atoms with Crippen LogP contribution >= 0.6 is 0 Å². The van der Waals surface area contributed by atoms with E-state index in [-0.39, 0.29) is 10.6 Å². The summed E-state index contributed by atoms with van der Waals surface area (Å²) in [6.45, 7) is 3.26. The highest BCUT2D eigenvalue weighted by atomic mass is 32.2. The van der Waals surface area contributed by atoms with Gasteiger partial charge >= 0.3 is 0 Å². The zero-order valence-electron chi connectivity index (χ0n) is 7.17. The molecule has 1 aromatic rings. The standard InChI is InChI=1S/C9H7NO3S/c1-2-7-14(13)9-6-4-3-5-8(9)10(11)12/h3-7H,1H2/t14-/m1/s1. The van der Waals surface area contributed by atoms with E-state index in [0.29, 0.717) is 0 Å². The van der Waals surface area contributed by atoms with Crippen LogP contribution < -0.4 is 0 Å². The van der Waals surface area contributed by atoms with E-state index in [0.717, 1.165) is 0 Å². The first-order valence-corrected chi connectivity index (χ1v) is 4.88. The van der Waals surface area contributed by atoms with Gasteiger partial charge in [-0.1, -0.05) is 18.7 Å². The van der Waals surface area contributed by atoms with Crippen molar-refractivity contribution in [1.29, 1.82) is 0 Å². The maximum absolute atomic E-state index is 11.4. The van der Waals surface area contributed by atoms with Crippen molar-refractivity contribution in [2.45, 2.75) is 4.90 Å². The average Bonchev–Trinajstić information content (AvgIpc) is 2.18. The monoisotopic (exact) mass is 209 g/mol. The summed E-state index contributed by atoms with van der Waals surface area (Å²) in [6, 6.07) is 5.87. The van der Waals surface area contributed by atoms with Gasteiger partial charge in [0.15, 0.2) is 0 Å². The second kappa shape index (κ2) is 4.50. The second-order valence-electron chi connectivity index (χ2n) is 2.34. The fraction of sp³-hybridized carbons (Fsp3) is 0. The summed E-state index contributed by atoms with van der Waals surface area (Å²) in [5.41, 5.74) is 2.18. The van der Waals surface area contributed by atoms with Crippen LogP contribution in [0.5, 0.6) is 0 Å².